The van der Waals surface area contributed by atoms with E-state index < -0.39 is 11.9 Å². The molecule has 4 heteroatoms. The summed E-state index contributed by atoms with van der Waals surface area (Å²) in [7, 11) is 1.27. The van der Waals surface area contributed by atoms with Crippen LogP contribution in [0.5, 0.6) is 0 Å². The molecule has 0 heterocycles. The molecule has 0 unspecified atom stereocenters. The van der Waals surface area contributed by atoms with Crippen LogP contribution in [0.2, 0.25) is 0 Å². The van der Waals surface area contributed by atoms with Gasteiger partial charge in [-0.1, -0.05) is 6.58 Å². The van der Waals surface area contributed by atoms with E-state index in [2.05, 4.69) is 16.1 Å². The number of rotatable bonds is 4. The summed E-state index contributed by atoms with van der Waals surface area (Å²) in [5.74, 6) is -0.563. The van der Waals surface area contributed by atoms with Crippen molar-refractivity contribution in [3.63, 3.8) is 0 Å². The minimum absolute atomic E-state index is 0.0273. The van der Waals surface area contributed by atoms with E-state index in [0.29, 0.717) is 5.76 Å². The van der Waals surface area contributed by atoms with Crippen molar-refractivity contribution in [1.29, 1.82) is 0 Å². The van der Waals surface area contributed by atoms with Crippen LogP contribution in [0.3, 0.4) is 0 Å². The molecule has 0 aliphatic carbocycles. The highest BCUT2D eigenvalue weighted by atomic mass is 16.5. The van der Waals surface area contributed by atoms with E-state index in [1.54, 1.807) is 6.92 Å². The zero-order valence-electron chi connectivity index (χ0n) is 7.25. The smallest absolute Gasteiger partial charge is 0.311 e. The minimum Gasteiger partial charge on any atom is -0.469 e. The lowest BCUT2D eigenvalue weighted by molar-refractivity contribution is -0.146. The van der Waals surface area contributed by atoms with Crippen LogP contribution in [-0.4, -0.2) is 19.0 Å². The summed E-state index contributed by atoms with van der Waals surface area (Å²) in [6.07, 6.45) is 0.0716. The Kier molecular flexibility index (Phi) is 4.76. The molecule has 0 rings (SSSR count). The molecule has 0 radical (unpaired) electrons. The lowest BCUT2D eigenvalue weighted by atomic mass is 10.3. The number of carbonyl (C=O) groups excluding carboxylic acids is 2. The van der Waals surface area contributed by atoms with Crippen LogP contribution in [0.4, 0.5) is 0 Å². The molecular formula is C8H12O4. The molecule has 0 atom stereocenters. The van der Waals surface area contributed by atoms with Gasteiger partial charge in [-0.25, -0.2) is 0 Å². The Bertz CT molecular complexity index is 195. The first-order chi connectivity index (χ1) is 5.56. The number of esters is 2. The zero-order chi connectivity index (χ0) is 9.56. The first-order valence-electron chi connectivity index (χ1n) is 3.49. The summed E-state index contributed by atoms with van der Waals surface area (Å²) in [6.45, 7) is 4.95. The molecule has 0 bridgehead atoms. The van der Waals surface area contributed by atoms with Gasteiger partial charge in [0.2, 0.25) is 0 Å². The van der Waals surface area contributed by atoms with Crippen LogP contribution in [0.15, 0.2) is 12.3 Å². The van der Waals surface area contributed by atoms with E-state index in [1.807, 2.05) is 0 Å². The van der Waals surface area contributed by atoms with Gasteiger partial charge in [0.25, 0.3) is 0 Å². The molecule has 0 saturated heterocycles. The Labute approximate surface area is 71.2 Å². The van der Waals surface area contributed by atoms with Gasteiger partial charge in [-0.15, -0.1) is 0 Å². The number of hydrogen-bond donors (Lipinski definition) is 0. The average Bonchev–Trinajstić information content (AvgIpc) is 1.99. The molecule has 12 heavy (non-hydrogen) atoms. The van der Waals surface area contributed by atoms with Crippen LogP contribution in [0, 0.1) is 0 Å². The Morgan fingerprint density at radius 1 is 1.25 bits per heavy atom. The monoisotopic (exact) mass is 172 g/mol. The first kappa shape index (κ1) is 10.7. The highest BCUT2D eigenvalue weighted by molar-refractivity contribution is 5.77. The van der Waals surface area contributed by atoms with Crippen molar-refractivity contribution in [2.45, 2.75) is 19.8 Å². The van der Waals surface area contributed by atoms with Gasteiger partial charge in [-0.05, 0) is 6.92 Å². The van der Waals surface area contributed by atoms with Crippen molar-refractivity contribution in [3.8, 4) is 0 Å². The summed E-state index contributed by atoms with van der Waals surface area (Å²) >= 11 is 0. The fourth-order valence-electron chi connectivity index (χ4n) is 0.552. The van der Waals surface area contributed by atoms with Crippen LogP contribution < -0.4 is 0 Å². The maximum Gasteiger partial charge on any atom is 0.311 e. The lowest BCUT2D eigenvalue weighted by Gasteiger charge is -2.01. The third kappa shape index (κ3) is 5.46. The van der Waals surface area contributed by atoms with Gasteiger partial charge in [0, 0.05) is 0 Å². The third-order valence-corrected chi connectivity index (χ3v) is 1.05. The van der Waals surface area contributed by atoms with E-state index in [9.17, 15) is 9.59 Å². The van der Waals surface area contributed by atoms with Crippen LogP contribution >= 0.6 is 0 Å². The predicted octanol–water partition coefficient (Wildman–Crippen LogP) is 1.02. The molecule has 0 saturated carbocycles. The van der Waals surface area contributed by atoms with Gasteiger partial charge in [0.05, 0.1) is 25.7 Å². The Hall–Kier alpha value is -1.32. The average molecular weight is 172 g/mol. The summed E-state index contributed by atoms with van der Waals surface area (Å²) in [6, 6.07) is 0. The number of hydrogen-bond acceptors (Lipinski definition) is 4. The number of carbonyl (C=O) groups is 2. The maximum absolute atomic E-state index is 10.8. The Balaban J connectivity index is 3.57. The first-order valence-corrected chi connectivity index (χ1v) is 3.49. The molecule has 0 aliphatic heterocycles. The zero-order valence-corrected chi connectivity index (χ0v) is 7.25. The van der Waals surface area contributed by atoms with Gasteiger partial charge in [-0.3, -0.25) is 9.59 Å². The molecule has 0 aromatic rings. The second kappa shape index (κ2) is 5.35. The molecular weight excluding hydrogens is 160 g/mol. The molecule has 0 aliphatic rings. The quantitative estimate of drug-likeness (QED) is 0.469. The van der Waals surface area contributed by atoms with Crippen molar-refractivity contribution in [2.75, 3.05) is 7.11 Å². The van der Waals surface area contributed by atoms with Gasteiger partial charge in [0.1, 0.15) is 0 Å². The van der Waals surface area contributed by atoms with Gasteiger partial charge < -0.3 is 9.47 Å². The van der Waals surface area contributed by atoms with Crippen molar-refractivity contribution >= 4 is 11.9 Å². The standard InChI is InChI=1S/C8H12O4/c1-6(2)12-8(10)5-4-7(9)11-3/h1,4-5H2,2-3H3. The van der Waals surface area contributed by atoms with E-state index in [0.717, 1.165) is 0 Å². The number of ether oxygens (including phenoxy) is 2. The van der Waals surface area contributed by atoms with Crippen LogP contribution in [0.1, 0.15) is 19.8 Å². The molecule has 0 aromatic carbocycles. The molecule has 4 nitrogen and oxygen atoms in total. The largest absolute Gasteiger partial charge is 0.469 e. The summed E-state index contributed by atoms with van der Waals surface area (Å²) in [4.78, 5) is 21.3. The summed E-state index contributed by atoms with van der Waals surface area (Å²) in [5, 5.41) is 0. The van der Waals surface area contributed by atoms with Crippen molar-refractivity contribution < 1.29 is 19.1 Å². The molecule has 0 amide bonds. The second-order valence-corrected chi connectivity index (χ2v) is 2.25. The SMILES string of the molecule is C=C(C)OC(=O)CCC(=O)OC. The van der Waals surface area contributed by atoms with Crippen LogP contribution in [-0.2, 0) is 19.1 Å². The topological polar surface area (TPSA) is 52.6 Å². The van der Waals surface area contributed by atoms with E-state index in [4.69, 9.17) is 0 Å². The van der Waals surface area contributed by atoms with Crippen molar-refractivity contribution in [3.05, 3.63) is 12.3 Å². The Morgan fingerprint density at radius 2 is 1.75 bits per heavy atom. The second-order valence-electron chi connectivity index (χ2n) is 2.25. The fraction of sp³-hybridized carbons (Fsp3) is 0.500. The van der Waals surface area contributed by atoms with E-state index in [1.165, 1.54) is 7.11 Å². The van der Waals surface area contributed by atoms with Crippen molar-refractivity contribution in [2.24, 2.45) is 0 Å². The fourth-order valence-corrected chi connectivity index (χ4v) is 0.552. The highest BCUT2D eigenvalue weighted by Crippen LogP contribution is 1.98. The van der Waals surface area contributed by atoms with Gasteiger partial charge >= 0.3 is 11.9 Å². The van der Waals surface area contributed by atoms with E-state index >= 15 is 0 Å². The van der Waals surface area contributed by atoms with Crippen molar-refractivity contribution in [1.82, 2.24) is 0 Å². The Morgan fingerprint density at radius 3 is 2.17 bits per heavy atom. The highest BCUT2D eigenvalue weighted by Gasteiger charge is 2.07. The molecule has 0 fully saturated rings. The number of methoxy groups -OCH3 is 1. The molecule has 0 N–H and O–H groups in total. The lowest BCUT2D eigenvalue weighted by Crippen LogP contribution is -2.07. The van der Waals surface area contributed by atoms with Gasteiger partial charge in [-0.2, -0.15) is 0 Å². The minimum atomic E-state index is -0.465. The maximum atomic E-state index is 10.8. The molecule has 0 spiro atoms. The summed E-state index contributed by atoms with van der Waals surface area (Å²) in [5.41, 5.74) is 0. The third-order valence-electron chi connectivity index (χ3n) is 1.05. The predicted molar refractivity (Wildman–Crippen MR) is 42.2 cm³/mol. The molecule has 68 valence electrons. The van der Waals surface area contributed by atoms with Crippen LogP contribution in [0.25, 0.3) is 0 Å². The summed E-state index contributed by atoms with van der Waals surface area (Å²) < 4.78 is 8.94. The molecule has 0 aromatic heterocycles. The van der Waals surface area contributed by atoms with E-state index in [-0.39, 0.29) is 12.8 Å². The van der Waals surface area contributed by atoms with Gasteiger partial charge in [0.15, 0.2) is 0 Å². The number of allylic oxidation sites excluding steroid dienone is 1. The normalized spacial score (nSPS) is 8.83.